The number of β-amino-alcohol motifs (C(OH)–C–C–N with tert-alkyl or cyclic N) is 1. The van der Waals surface area contributed by atoms with Gasteiger partial charge in [-0.1, -0.05) is 18.5 Å². The van der Waals surface area contributed by atoms with E-state index in [1.165, 1.54) is 14.1 Å². The Morgan fingerprint density at radius 2 is 2.00 bits per heavy atom. The molecule has 0 spiro atoms. The van der Waals surface area contributed by atoms with E-state index in [-0.39, 0.29) is 18.1 Å². The summed E-state index contributed by atoms with van der Waals surface area (Å²) in [5.74, 6) is 0.391. The van der Waals surface area contributed by atoms with Crippen LogP contribution in [0.3, 0.4) is 0 Å². The number of rotatable bonds is 5. The van der Waals surface area contributed by atoms with Gasteiger partial charge < -0.3 is 10.0 Å². The first-order chi connectivity index (χ1) is 11.5. The molecule has 1 fully saturated rings. The number of aliphatic hydroxyl groups is 1. The molecule has 1 aliphatic heterocycles. The zero-order valence-electron chi connectivity index (χ0n) is 13.4. The fourth-order valence-corrected chi connectivity index (χ4v) is 2.78. The van der Waals surface area contributed by atoms with Crippen molar-refractivity contribution in [2.45, 2.75) is 32.4 Å². The number of aryl methyl sites for hydroxylation is 1. The zero-order valence-corrected chi connectivity index (χ0v) is 14.1. The first-order valence-corrected chi connectivity index (χ1v) is 8.28. The van der Waals surface area contributed by atoms with Gasteiger partial charge in [-0.05, 0) is 30.7 Å². The first-order valence-electron chi connectivity index (χ1n) is 7.90. The van der Waals surface area contributed by atoms with Crippen LogP contribution < -0.4 is 5.69 Å². The molecule has 24 heavy (non-hydrogen) atoms. The summed E-state index contributed by atoms with van der Waals surface area (Å²) in [6.07, 6.45) is 0.956. The third-order valence-electron chi connectivity index (χ3n) is 3.99. The monoisotopic (exact) mass is 350 g/mol. The molecule has 0 bridgehead atoms. The second-order valence-corrected chi connectivity index (χ2v) is 6.31. The van der Waals surface area contributed by atoms with Crippen molar-refractivity contribution in [1.29, 1.82) is 0 Å². The fraction of sp³-hybridized carbons (Fsp3) is 0.438. The number of hydrogen-bond acceptors (Lipinski definition) is 4. The van der Waals surface area contributed by atoms with Crippen molar-refractivity contribution < 1.29 is 9.90 Å². The van der Waals surface area contributed by atoms with Gasteiger partial charge >= 0.3 is 5.69 Å². The highest BCUT2D eigenvalue weighted by atomic mass is 35.5. The smallest absolute Gasteiger partial charge is 0.351 e. The number of nitrogens with zero attached hydrogens (tertiary/aromatic N) is 4. The van der Waals surface area contributed by atoms with E-state index < -0.39 is 6.10 Å². The fourth-order valence-electron chi connectivity index (χ4n) is 2.65. The van der Waals surface area contributed by atoms with E-state index in [2.05, 4.69) is 5.10 Å². The van der Waals surface area contributed by atoms with Crippen molar-refractivity contribution in [3.8, 4) is 5.69 Å². The Bertz CT molecular complexity index is 791. The van der Waals surface area contributed by atoms with Crippen molar-refractivity contribution in [2.24, 2.45) is 0 Å². The second-order valence-electron chi connectivity index (χ2n) is 5.88. The number of likely N-dealkylation sites (tertiary alicyclic amines) is 1. The predicted molar refractivity (Wildman–Crippen MR) is 89.4 cm³/mol. The Balaban J connectivity index is 1.91. The van der Waals surface area contributed by atoms with Crippen LogP contribution in [0.2, 0.25) is 5.02 Å². The summed E-state index contributed by atoms with van der Waals surface area (Å²) in [5, 5.41) is 14.3. The molecule has 1 aromatic carbocycles. The number of benzene rings is 1. The standard InChI is InChI=1S/C16H19ClN4O3/c1-2-3-14-18-21(12-6-4-11(17)5-7-12)16(24)20(14)10-15(23)19-8-13(22)9-19/h4-7,13,22H,2-3,8-10H2,1H3. The maximum Gasteiger partial charge on any atom is 0.351 e. The minimum absolute atomic E-state index is 0.0610. The van der Waals surface area contributed by atoms with Gasteiger partial charge in [-0.2, -0.15) is 4.68 Å². The van der Waals surface area contributed by atoms with Crippen LogP contribution in [0.15, 0.2) is 29.1 Å². The molecule has 0 saturated carbocycles. The van der Waals surface area contributed by atoms with Gasteiger partial charge in [-0.25, -0.2) is 4.79 Å². The Morgan fingerprint density at radius 1 is 1.33 bits per heavy atom. The normalized spacial score (nSPS) is 14.7. The number of aliphatic hydroxyl groups excluding tert-OH is 1. The highest BCUT2D eigenvalue weighted by Gasteiger charge is 2.29. The van der Waals surface area contributed by atoms with Gasteiger partial charge in [0.1, 0.15) is 12.4 Å². The Kier molecular flexibility index (Phi) is 4.73. The van der Waals surface area contributed by atoms with Gasteiger partial charge in [0.25, 0.3) is 0 Å². The number of hydrogen-bond donors (Lipinski definition) is 1. The number of carbonyl (C=O) groups is 1. The van der Waals surface area contributed by atoms with Gasteiger partial charge in [-0.3, -0.25) is 9.36 Å². The summed E-state index contributed by atoms with van der Waals surface area (Å²) in [4.78, 5) is 26.5. The van der Waals surface area contributed by atoms with Gasteiger partial charge in [0.05, 0.1) is 11.8 Å². The molecule has 128 valence electrons. The lowest BCUT2D eigenvalue weighted by atomic mass is 10.2. The first kappa shape index (κ1) is 16.7. The molecular formula is C16H19ClN4O3. The van der Waals surface area contributed by atoms with Crippen molar-refractivity contribution >= 4 is 17.5 Å². The molecule has 8 heteroatoms. The van der Waals surface area contributed by atoms with Crippen LogP contribution in [0.1, 0.15) is 19.2 Å². The predicted octanol–water partition coefficient (Wildman–Crippen LogP) is 0.843. The number of halogens is 1. The number of amides is 1. The maximum atomic E-state index is 12.7. The van der Waals surface area contributed by atoms with E-state index >= 15 is 0 Å². The third-order valence-corrected chi connectivity index (χ3v) is 4.24. The minimum Gasteiger partial charge on any atom is -0.389 e. The van der Waals surface area contributed by atoms with E-state index in [1.54, 1.807) is 24.3 Å². The van der Waals surface area contributed by atoms with Gasteiger partial charge in [-0.15, -0.1) is 5.10 Å². The molecule has 1 aromatic heterocycles. The zero-order chi connectivity index (χ0) is 17.3. The molecule has 2 heterocycles. The third kappa shape index (κ3) is 3.22. The molecule has 1 N–H and O–H groups in total. The van der Waals surface area contributed by atoms with Gasteiger partial charge in [0.15, 0.2) is 0 Å². The Labute approximate surface area is 144 Å². The van der Waals surface area contributed by atoms with Crippen LogP contribution in [0.25, 0.3) is 5.69 Å². The molecule has 0 unspecified atom stereocenters. The van der Waals surface area contributed by atoms with E-state index in [4.69, 9.17) is 11.6 Å². The molecule has 1 amide bonds. The van der Waals surface area contributed by atoms with Crippen LogP contribution in [0.4, 0.5) is 0 Å². The van der Waals surface area contributed by atoms with Gasteiger partial charge in [0.2, 0.25) is 5.91 Å². The van der Waals surface area contributed by atoms with E-state index in [9.17, 15) is 14.7 Å². The van der Waals surface area contributed by atoms with Gasteiger partial charge in [0, 0.05) is 24.5 Å². The average molecular weight is 351 g/mol. The number of aromatic nitrogens is 3. The maximum absolute atomic E-state index is 12.7. The Hall–Kier alpha value is -2.12. The van der Waals surface area contributed by atoms with Crippen LogP contribution in [0.5, 0.6) is 0 Å². The Morgan fingerprint density at radius 3 is 2.58 bits per heavy atom. The molecule has 1 saturated heterocycles. The van der Waals surface area contributed by atoms with Crippen LogP contribution in [0, 0.1) is 0 Å². The SMILES string of the molecule is CCCc1nn(-c2ccc(Cl)cc2)c(=O)n1CC(=O)N1CC(O)C1. The summed E-state index contributed by atoms with van der Waals surface area (Å²) in [6, 6.07) is 6.80. The summed E-state index contributed by atoms with van der Waals surface area (Å²) < 4.78 is 2.70. The van der Waals surface area contributed by atoms with Crippen molar-refractivity contribution in [3.63, 3.8) is 0 Å². The lowest BCUT2D eigenvalue weighted by Crippen LogP contribution is -2.54. The topological polar surface area (TPSA) is 80.4 Å². The highest BCUT2D eigenvalue weighted by Crippen LogP contribution is 2.13. The molecule has 3 rings (SSSR count). The van der Waals surface area contributed by atoms with Crippen molar-refractivity contribution in [2.75, 3.05) is 13.1 Å². The van der Waals surface area contributed by atoms with Crippen molar-refractivity contribution in [1.82, 2.24) is 19.2 Å². The summed E-state index contributed by atoms with van der Waals surface area (Å²) in [5.41, 5.74) is 0.252. The summed E-state index contributed by atoms with van der Waals surface area (Å²) in [7, 11) is 0. The lowest BCUT2D eigenvalue weighted by Gasteiger charge is -2.35. The molecule has 0 aliphatic carbocycles. The van der Waals surface area contributed by atoms with E-state index in [1.807, 2.05) is 6.92 Å². The van der Waals surface area contributed by atoms with E-state index in [0.29, 0.717) is 36.0 Å². The highest BCUT2D eigenvalue weighted by molar-refractivity contribution is 6.30. The molecule has 7 nitrogen and oxygen atoms in total. The van der Waals surface area contributed by atoms with Crippen LogP contribution in [-0.2, 0) is 17.8 Å². The molecule has 0 atom stereocenters. The minimum atomic E-state index is -0.461. The largest absolute Gasteiger partial charge is 0.389 e. The second kappa shape index (κ2) is 6.78. The van der Waals surface area contributed by atoms with Crippen LogP contribution in [-0.4, -0.2) is 49.5 Å². The summed E-state index contributed by atoms with van der Waals surface area (Å²) >= 11 is 5.88. The molecule has 0 radical (unpaired) electrons. The van der Waals surface area contributed by atoms with E-state index in [0.717, 1.165) is 6.42 Å². The van der Waals surface area contributed by atoms with Crippen molar-refractivity contribution in [3.05, 3.63) is 45.6 Å². The molecule has 2 aromatic rings. The van der Waals surface area contributed by atoms with Crippen LogP contribution >= 0.6 is 11.6 Å². The quantitative estimate of drug-likeness (QED) is 0.866. The lowest BCUT2D eigenvalue weighted by molar-refractivity contribution is -0.142. The molecule has 1 aliphatic rings. The summed E-state index contributed by atoms with van der Waals surface area (Å²) in [6.45, 7) is 2.57. The average Bonchev–Trinajstić information content (AvgIpc) is 2.82. The molecular weight excluding hydrogens is 332 g/mol. The number of carbonyl (C=O) groups excluding carboxylic acids is 1.